The summed E-state index contributed by atoms with van der Waals surface area (Å²) in [6, 6.07) is 5.00. The van der Waals surface area contributed by atoms with E-state index < -0.39 is 0 Å². The van der Waals surface area contributed by atoms with Crippen molar-refractivity contribution in [1.29, 1.82) is 0 Å². The second-order valence-corrected chi connectivity index (χ2v) is 6.52. The molecule has 1 N–H and O–H groups in total. The Morgan fingerprint density at radius 2 is 1.33 bits per heavy atom. The summed E-state index contributed by atoms with van der Waals surface area (Å²) in [6.45, 7) is 1.11. The molecule has 1 fully saturated rings. The van der Waals surface area contributed by atoms with Crippen LogP contribution in [-0.2, 0) is 6.42 Å². The maximum Gasteiger partial charge on any atom is 0.0270 e. The van der Waals surface area contributed by atoms with Crippen molar-refractivity contribution in [3.05, 3.63) is 30.1 Å². The molecular weight excluding hydrogens is 256 g/mol. The second-order valence-electron chi connectivity index (χ2n) is 6.52. The first kappa shape index (κ1) is 16.5. The van der Waals surface area contributed by atoms with Crippen LogP contribution in [0.2, 0.25) is 0 Å². The molecule has 0 bridgehead atoms. The van der Waals surface area contributed by atoms with Gasteiger partial charge in [0, 0.05) is 18.4 Å². The van der Waals surface area contributed by atoms with Gasteiger partial charge in [-0.15, -0.1) is 0 Å². The highest BCUT2D eigenvalue weighted by Crippen LogP contribution is 2.17. The molecule has 2 heteroatoms. The molecule has 0 saturated heterocycles. The molecule has 0 aromatic carbocycles. The van der Waals surface area contributed by atoms with Gasteiger partial charge < -0.3 is 5.32 Å². The van der Waals surface area contributed by atoms with Crippen LogP contribution < -0.4 is 5.32 Å². The summed E-state index contributed by atoms with van der Waals surface area (Å²) in [5.41, 5.74) is 1.39. The Hall–Kier alpha value is -0.890. The zero-order chi connectivity index (χ0) is 14.6. The van der Waals surface area contributed by atoms with E-state index in [0.29, 0.717) is 0 Å². The molecular formula is C19H32N2. The average Bonchev–Trinajstić information content (AvgIpc) is 2.51. The SMILES string of the molecule is c1cc(CCNC2CCCCCCCCCCC2)ccn1. The third-order valence-electron chi connectivity index (χ3n) is 4.70. The number of nitrogens with one attached hydrogen (secondary N) is 1. The van der Waals surface area contributed by atoms with Crippen LogP contribution in [0.25, 0.3) is 0 Å². The second kappa shape index (κ2) is 10.8. The minimum Gasteiger partial charge on any atom is -0.314 e. The first-order valence-corrected chi connectivity index (χ1v) is 9.07. The molecule has 2 rings (SSSR count). The average molecular weight is 288 g/mol. The minimum atomic E-state index is 0.742. The van der Waals surface area contributed by atoms with Crippen molar-refractivity contribution < 1.29 is 0 Å². The van der Waals surface area contributed by atoms with Crippen LogP contribution in [0.15, 0.2) is 24.5 Å². The molecule has 118 valence electrons. The fourth-order valence-electron chi connectivity index (χ4n) is 3.34. The Labute approximate surface area is 130 Å². The molecule has 0 unspecified atom stereocenters. The van der Waals surface area contributed by atoms with Crippen molar-refractivity contribution in [3.8, 4) is 0 Å². The van der Waals surface area contributed by atoms with Gasteiger partial charge in [-0.25, -0.2) is 0 Å². The summed E-state index contributed by atoms with van der Waals surface area (Å²) in [4.78, 5) is 4.08. The molecule has 21 heavy (non-hydrogen) atoms. The van der Waals surface area contributed by atoms with Gasteiger partial charge in [-0.2, -0.15) is 0 Å². The maximum absolute atomic E-state index is 4.08. The summed E-state index contributed by atoms with van der Waals surface area (Å²) in [7, 11) is 0. The molecule has 0 aliphatic heterocycles. The monoisotopic (exact) mass is 288 g/mol. The minimum absolute atomic E-state index is 0.742. The smallest absolute Gasteiger partial charge is 0.0270 e. The predicted octanol–water partition coefficient (Wildman–Crippen LogP) is 4.89. The quantitative estimate of drug-likeness (QED) is 0.853. The Morgan fingerprint density at radius 1 is 0.810 bits per heavy atom. The Kier molecular flexibility index (Phi) is 8.46. The van der Waals surface area contributed by atoms with E-state index in [-0.39, 0.29) is 0 Å². The maximum atomic E-state index is 4.08. The van der Waals surface area contributed by atoms with Gasteiger partial charge >= 0.3 is 0 Å². The lowest BCUT2D eigenvalue weighted by Gasteiger charge is -2.19. The molecule has 1 heterocycles. The Morgan fingerprint density at radius 3 is 1.90 bits per heavy atom. The molecule has 0 radical (unpaired) electrons. The van der Waals surface area contributed by atoms with Gasteiger partial charge in [-0.1, -0.05) is 57.8 Å². The third kappa shape index (κ3) is 7.61. The van der Waals surface area contributed by atoms with Gasteiger partial charge in [0.05, 0.1) is 0 Å². The van der Waals surface area contributed by atoms with Gasteiger partial charge in [0.25, 0.3) is 0 Å². The van der Waals surface area contributed by atoms with Gasteiger partial charge in [-0.05, 0) is 43.5 Å². The van der Waals surface area contributed by atoms with E-state index in [9.17, 15) is 0 Å². The zero-order valence-electron chi connectivity index (χ0n) is 13.5. The van der Waals surface area contributed by atoms with Gasteiger partial charge in [0.15, 0.2) is 0 Å². The topological polar surface area (TPSA) is 24.9 Å². The first-order chi connectivity index (χ1) is 10.4. The van der Waals surface area contributed by atoms with Crippen LogP contribution in [0.1, 0.15) is 76.2 Å². The molecule has 1 aliphatic rings. The van der Waals surface area contributed by atoms with Gasteiger partial charge in [0.2, 0.25) is 0 Å². The molecule has 0 amide bonds. The van der Waals surface area contributed by atoms with E-state index in [1.165, 1.54) is 76.2 Å². The van der Waals surface area contributed by atoms with E-state index in [1.54, 1.807) is 0 Å². The number of aromatic nitrogens is 1. The van der Waals surface area contributed by atoms with E-state index in [0.717, 1.165) is 19.0 Å². The van der Waals surface area contributed by atoms with Crippen LogP contribution in [0, 0.1) is 0 Å². The summed E-state index contributed by atoms with van der Waals surface area (Å²) >= 11 is 0. The largest absolute Gasteiger partial charge is 0.314 e. The number of rotatable bonds is 4. The molecule has 1 aliphatic carbocycles. The fraction of sp³-hybridized carbons (Fsp3) is 0.737. The van der Waals surface area contributed by atoms with Crippen molar-refractivity contribution in [3.63, 3.8) is 0 Å². The standard InChI is InChI=1S/C19H32N2/c1-2-4-6-8-10-19(11-9-7-5-3-1)21-17-14-18-12-15-20-16-13-18/h12-13,15-16,19,21H,1-11,14,17H2. The molecule has 2 nitrogen and oxygen atoms in total. The molecule has 1 aromatic rings. The number of nitrogens with zero attached hydrogens (tertiary/aromatic N) is 1. The van der Waals surface area contributed by atoms with E-state index in [1.807, 2.05) is 12.4 Å². The van der Waals surface area contributed by atoms with Crippen LogP contribution in [-0.4, -0.2) is 17.6 Å². The van der Waals surface area contributed by atoms with Gasteiger partial charge in [-0.3, -0.25) is 4.98 Å². The highest BCUT2D eigenvalue weighted by molar-refractivity contribution is 5.09. The van der Waals surface area contributed by atoms with Gasteiger partial charge in [0.1, 0.15) is 0 Å². The fourth-order valence-corrected chi connectivity index (χ4v) is 3.34. The summed E-state index contributed by atoms with van der Waals surface area (Å²) in [5.74, 6) is 0. The van der Waals surface area contributed by atoms with E-state index in [4.69, 9.17) is 0 Å². The predicted molar refractivity (Wildman–Crippen MR) is 90.5 cm³/mol. The highest BCUT2D eigenvalue weighted by Gasteiger charge is 2.08. The lowest BCUT2D eigenvalue weighted by Crippen LogP contribution is -2.31. The van der Waals surface area contributed by atoms with E-state index in [2.05, 4.69) is 22.4 Å². The zero-order valence-corrected chi connectivity index (χ0v) is 13.5. The summed E-state index contributed by atoms with van der Waals surface area (Å²) in [6.07, 6.45) is 20.6. The number of pyridine rings is 1. The lowest BCUT2D eigenvalue weighted by atomic mass is 9.98. The molecule has 1 aromatic heterocycles. The number of hydrogen-bond donors (Lipinski definition) is 1. The molecule has 1 saturated carbocycles. The lowest BCUT2D eigenvalue weighted by molar-refractivity contribution is 0.406. The molecule has 0 spiro atoms. The van der Waals surface area contributed by atoms with Crippen LogP contribution in [0.3, 0.4) is 0 Å². The van der Waals surface area contributed by atoms with Crippen molar-refractivity contribution >= 4 is 0 Å². The van der Waals surface area contributed by atoms with E-state index >= 15 is 0 Å². The third-order valence-corrected chi connectivity index (χ3v) is 4.70. The Bertz CT molecular complexity index is 338. The highest BCUT2D eigenvalue weighted by atomic mass is 14.9. The first-order valence-electron chi connectivity index (χ1n) is 9.07. The molecule has 0 atom stereocenters. The van der Waals surface area contributed by atoms with Crippen molar-refractivity contribution in [2.75, 3.05) is 6.54 Å². The van der Waals surface area contributed by atoms with Crippen LogP contribution >= 0.6 is 0 Å². The number of hydrogen-bond acceptors (Lipinski definition) is 2. The summed E-state index contributed by atoms with van der Waals surface area (Å²) in [5, 5.41) is 3.80. The normalized spacial score (nSPS) is 19.6. The van der Waals surface area contributed by atoms with Crippen LogP contribution in [0.4, 0.5) is 0 Å². The van der Waals surface area contributed by atoms with Crippen LogP contribution in [0.5, 0.6) is 0 Å². The summed E-state index contributed by atoms with van der Waals surface area (Å²) < 4.78 is 0. The van der Waals surface area contributed by atoms with Crippen molar-refractivity contribution in [2.45, 2.75) is 83.1 Å². The Balaban J connectivity index is 1.67. The van der Waals surface area contributed by atoms with Crippen molar-refractivity contribution in [1.82, 2.24) is 10.3 Å². The van der Waals surface area contributed by atoms with Crippen molar-refractivity contribution in [2.24, 2.45) is 0 Å².